The maximum absolute atomic E-state index is 13.9. The molecule has 33 heavy (non-hydrogen) atoms. The average molecular weight is 466 g/mol. The van der Waals surface area contributed by atoms with Gasteiger partial charge in [-0.25, -0.2) is 8.42 Å². The highest BCUT2D eigenvalue weighted by molar-refractivity contribution is 7.89. The Morgan fingerprint density at radius 2 is 1.27 bits per heavy atom. The Bertz CT molecular complexity index is 1060. The lowest BCUT2D eigenvalue weighted by atomic mass is 10.1. The first-order valence-corrected chi connectivity index (χ1v) is 12.4. The molecular formula is C27H31NO4S. The number of rotatable bonds is 12. The molecule has 1 atom stereocenters. The Morgan fingerprint density at radius 1 is 0.788 bits per heavy atom. The summed E-state index contributed by atoms with van der Waals surface area (Å²) in [6, 6.07) is 24.7. The molecule has 0 aliphatic carbocycles. The predicted octanol–water partition coefficient (Wildman–Crippen LogP) is 5.22. The van der Waals surface area contributed by atoms with E-state index in [4.69, 9.17) is 9.47 Å². The van der Waals surface area contributed by atoms with Gasteiger partial charge < -0.3 is 9.47 Å². The zero-order valence-electron chi connectivity index (χ0n) is 19.2. The van der Waals surface area contributed by atoms with Crippen LogP contribution in [0.25, 0.3) is 0 Å². The molecule has 0 aliphatic heterocycles. The molecule has 1 unspecified atom stereocenters. The first kappa shape index (κ1) is 24.6. The van der Waals surface area contributed by atoms with Crippen LogP contribution >= 0.6 is 0 Å². The highest BCUT2D eigenvalue weighted by atomic mass is 32.2. The third kappa shape index (κ3) is 6.70. The SMILES string of the molecule is C=CCC(Cc1ccccc1)S(=O)(=O)N(Cc1ccc(OC)cc1)Cc1ccc(OC)cc1. The smallest absolute Gasteiger partial charge is 0.218 e. The van der Waals surface area contributed by atoms with Gasteiger partial charge in [0.2, 0.25) is 10.0 Å². The topological polar surface area (TPSA) is 55.8 Å². The molecule has 0 aromatic heterocycles. The van der Waals surface area contributed by atoms with Crippen LogP contribution in [-0.2, 0) is 29.5 Å². The molecule has 0 radical (unpaired) electrons. The molecular weight excluding hydrogens is 434 g/mol. The monoisotopic (exact) mass is 465 g/mol. The number of benzene rings is 3. The Kier molecular flexibility index (Phi) is 8.69. The van der Waals surface area contributed by atoms with Crippen molar-refractivity contribution < 1.29 is 17.9 Å². The summed E-state index contributed by atoms with van der Waals surface area (Å²) in [7, 11) is -0.432. The lowest BCUT2D eigenvalue weighted by Gasteiger charge is -2.28. The molecule has 6 heteroatoms. The van der Waals surface area contributed by atoms with E-state index in [9.17, 15) is 8.42 Å². The number of allylic oxidation sites excluding steroid dienone is 1. The standard InChI is InChI=1S/C27H31NO4S/c1-4-8-27(19-22-9-6-5-7-10-22)33(29,30)28(20-23-11-15-25(31-2)16-12-23)21-24-13-17-26(32-3)18-14-24/h4-7,9-18,27H,1,8,19-21H2,2-3H3. The number of hydrogen-bond acceptors (Lipinski definition) is 4. The Balaban J connectivity index is 1.93. The second kappa shape index (κ2) is 11.7. The minimum absolute atomic E-state index is 0.265. The number of nitrogens with zero attached hydrogens (tertiary/aromatic N) is 1. The molecule has 5 nitrogen and oxygen atoms in total. The van der Waals surface area contributed by atoms with Gasteiger partial charge in [0.1, 0.15) is 11.5 Å². The number of hydrogen-bond donors (Lipinski definition) is 0. The summed E-state index contributed by atoms with van der Waals surface area (Å²) >= 11 is 0. The van der Waals surface area contributed by atoms with Crippen LogP contribution < -0.4 is 9.47 Å². The lowest BCUT2D eigenvalue weighted by molar-refractivity contribution is 0.390. The van der Waals surface area contributed by atoms with Crippen LogP contribution in [0.4, 0.5) is 0 Å². The van der Waals surface area contributed by atoms with Crippen molar-refractivity contribution in [1.82, 2.24) is 4.31 Å². The number of sulfonamides is 1. The van der Waals surface area contributed by atoms with Gasteiger partial charge in [0.25, 0.3) is 0 Å². The lowest BCUT2D eigenvalue weighted by Crippen LogP contribution is -2.39. The zero-order valence-corrected chi connectivity index (χ0v) is 20.0. The molecule has 0 N–H and O–H groups in total. The molecule has 0 heterocycles. The van der Waals surface area contributed by atoms with Gasteiger partial charge in [0.15, 0.2) is 0 Å². The van der Waals surface area contributed by atoms with Crippen molar-refractivity contribution in [3.8, 4) is 11.5 Å². The summed E-state index contributed by atoms with van der Waals surface area (Å²) in [4.78, 5) is 0. The highest BCUT2D eigenvalue weighted by Crippen LogP contribution is 2.24. The van der Waals surface area contributed by atoms with Crippen molar-refractivity contribution in [3.63, 3.8) is 0 Å². The van der Waals surface area contributed by atoms with E-state index >= 15 is 0 Å². The summed E-state index contributed by atoms with van der Waals surface area (Å²) in [5, 5.41) is -0.603. The fourth-order valence-corrected chi connectivity index (χ4v) is 5.55. The van der Waals surface area contributed by atoms with Crippen molar-refractivity contribution >= 4 is 10.0 Å². The molecule has 0 bridgehead atoms. The van der Waals surface area contributed by atoms with E-state index in [0.717, 1.165) is 28.2 Å². The number of methoxy groups -OCH3 is 2. The van der Waals surface area contributed by atoms with Gasteiger partial charge in [0.05, 0.1) is 19.5 Å². The van der Waals surface area contributed by atoms with Crippen LogP contribution in [0.5, 0.6) is 11.5 Å². The van der Waals surface area contributed by atoms with Crippen LogP contribution in [0.15, 0.2) is 91.5 Å². The summed E-state index contributed by atoms with van der Waals surface area (Å²) < 4.78 is 39.9. The minimum Gasteiger partial charge on any atom is -0.497 e. The predicted molar refractivity (Wildman–Crippen MR) is 133 cm³/mol. The quantitative estimate of drug-likeness (QED) is 0.344. The second-order valence-corrected chi connectivity index (χ2v) is 10.1. The minimum atomic E-state index is -3.65. The Labute approximate surface area is 197 Å². The Morgan fingerprint density at radius 3 is 1.70 bits per heavy atom. The molecule has 0 fully saturated rings. The average Bonchev–Trinajstić information content (AvgIpc) is 2.85. The van der Waals surface area contributed by atoms with Gasteiger partial charge in [-0.3, -0.25) is 0 Å². The summed E-state index contributed by atoms with van der Waals surface area (Å²) in [5.41, 5.74) is 2.77. The van der Waals surface area contributed by atoms with Crippen LogP contribution in [-0.4, -0.2) is 32.2 Å². The van der Waals surface area contributed by atoms with Crippen molar-refractivity contribution in [2.45, 2.75) is 31.2 Å². The van der Waals surface area contributed by atoms with E-state index in [-0.39, 0.29) is 13.1 Å². The van der Waals surface area contributed by atoms with Crippen molar-refractivity contribution in [1.29, 1.82) is 0 Å². The first-order valence-electron chi connectivity index (χ1n) is 10.9. The van der Waals surface area contributed by atoms with Crippen molar-refractivity contribution in [3.05, 3.63) is 108 Å². The zero-order chi connectivity index (χ0) is 23.7. The third-order valence-corrected chi connectivity index (χ3v) is 7.73. The van der Waals surface area contributed by atoms with E-state index in [1.54, 1.807) is 24.6 Å². The van der Waals surface area contributed by atoms with Crippen LogP contribution in [0.2, 0.25) is 0 Å². The van der Waals surface area contributed by atoms with E-state index in [1.165, 1.54) is 0 Å². The largest absolute Gasteiger partial charge is 0.497 e. The second-order valence-electron chi connectivity index (χ2n) is 7.85. The van der Waals surface area contributed by atoms with E-state index in [1.807, 2.05) is 78.9 Å². The fraction of sp³-hybridized carbons (Fsp3) is 0.259. The molecule has 174 valence electrons. The maximum atomic E-state index is 13.9. The number of ether oxygens (including phenoxy) is 2. The third-order valence-electron chi connectivity index (χ3n) is 5.55. The molecule has 0 amide bonds. The van der Waals surface area contributed by atoms with Gasteiger partial charge >= 0.3 is 0 Å². The van der Waals surface area contributed by atoms with Gasteiger partial charge in [-0.2, -0.15) is 4.31 Å². The maximum Gasteiger partial charge on any atom is 0.218 e. The van der Waals surface area contributed by atoms with Crippen LogP contribution in [0.3, 0.4) is 0 Å². The van der Waals surface area contributed by atoms with Crippen molar-refractivity contribution in [2.24, 2.45) is 0 Å². The molecule has 0 aliphatic rings. The molecule has 3 aromatic rings. The molecule has 0 saturated heterocycles. The summed E-state index contributed by atoms with van der Waals surface area (Å²) in [6.07, 6.45) is 2.49. The van der Waals surface area contributed by atoms with Crippen LogP contribution in [0, 0.1) is 0 Å². The summed E-state index contributed by atoms with van der Waals surface area (Å²) in [5.74, 6) is 1.47. The normalized spacial score (nSPS) is 12.3. The van der Waals surface area contributed by atoms with E-state index in [2.05, 4.69) is 6.58 Å². The molecule has 0 saturated carbocycles. The first-order chi connectivity index (χ1) is 16.0. The van der Waals surface area contributed by atoms with E-state index < -0.39 is 15.3 Å². The van der Waals surface area contributed by atoms with Gasteiger partial charge in [-0.05, 0) is 53.8 Å². The molecule has 0 spiro atoms. The Hall–Kier alpha value is -3.09. The van der Waals surface area contributed by atoms with Gasteiger partial charge in [-0.1, -0.05) is 60.7 Å². The fourth-order valence-electron chi connectivity index (χ4n) is 3.69. The van der Waals surface area contributed by atoms with Gasteiger partial charge in [0, 0.05) is 13.1 Å². The summed E-state index contributed by atoms with van der Waals surface area (Å²) in [6.45, 7) is 4.34. The van der Waals surface area contributed by atoms with Gasteiger partial charge in [-0.15, -0.1) is 6.58 Å². The highest BCUT2D eigenvalue weighted by Gasteiger charge is 2.31. The molecule has 3 rings (SSSR count). The van der Waals surface area contributed by atoms with Crippen molar-refractivity contribution in [2.75, 3.05) is 14.2 Å². The molecule has 3 aromatic carbocycles. The van der Waals surface area contributed by atoms with E-state index in [0.29, 0.717) is 12.8 Å². The van der Waals surface area contributed by atoms with Crippen LogP contribution in [0.1, 0.15) is 23.1 Å².